The first-order valence-electron chi connectivity index (χ1n) is 5.93. The highest BCUT2D eigenvalue weighted by molar-refractivity contribution is 9.10. The van der Waals surface area contributed by atoms with Crippen LogP contribution in [-0.4, -0.2) is 24.5 Å². The number of aromatic nitrogens is 2. The van der Waals surface area contributed by atoms with E-state index in [2.05, 4.69) is 36.2 Å². The SMILES string of the molecule is CCC(=O)Nc1nnc(S(=O)(=O)Nc2ccc(Br)c(Cl)c2)s1. The van der Waals surface area contributed by atoms with Gasteiger partial charge >= 0.3 is 0 Å². The summed E-state index contributed by atoms with van der Waals surface area (Å²) in [5.74, 6) is -0.271. The van der Waals surface area contributed by atoms with E-state index < -0.39 is 10.0 Å². The maximum absolute atomic E-state index is 12.2. The summed E-state index contributed by atoms with van der Waals surface area (Å²) in [6.45, 7) is 1.67. The smallest absolute Gasteiger partial charge is 0.291 e. The van der Waals surface area contributed by atoms with E-state index in [9.17, 15) is 13.2 Å². The van der Waals surface area contributed by atoms with E-state index in [1.54, 1.807) is 19.1 Å². The molecule has 0 atom stereocenters. The molecule has 0 aliphatic heterocycles. The summed E-state index contributed by atoms with van der Waals surface area (Å²) >= 11 is 9.89. The van der Waals surface area contributed by atoms with E-state index in [0.717, 1.165) is 11.3 Å². The van der Waals surface area contributed by atoms with Crippen molar-refractivity contribution in [2.45, 2.75) is 17.7 Å². The molecule has 7 nitrogen and oxygen atoms in total. The number of halogens is 2. The van der Waals surface area contributed by atoms with Gasteiger partial charge in [-0.05, 0) is 34.1 Å². The van der Waals surface area contributed by atoms with E-state index in [0.29, 0.717) is 15.2 Å². The zero-order valence-electron chi connectivity index (χ0n) is 11.1. The van der Waals surface area contributed by atoms with E-state index in [4.69, 9.17) is 11.6 Å². The molecule has 22 heavy (non-hydrogen) atoms. The molecule has 2 rings (SSSR count). The molecule has 0 aliphatic rings. The fraction of sp³-hybridized carbons (Fsp3) is 0.182. The minimum atomic E-state index is -3.89. The Labute approximate surface area is 144 Å². The van der Waals surface area contributed by atoms with Gasteiger partial charge in [0.05, 0.1) is 10.7 Å². The van der Waals surface area contributed by atoms with Crippen molar-refractivity contribution in [1.82, 2.24) is 10.2 Å². The van der Waals surface area contributed by atoms with Gasteiger partial charge in [0, 0.05) is 10.9 Å². The third-order valence-corrected chi connectivity index (χ3v) is 6.20. The van der Waals surface area contributed by atoms with Gasteiger partial charge in [-0.1, -0.05) is 29.9 Å². The molecule has 0 bridgehead atoms. The number of hydrogen-bond acceptors (Lipinski definition) is 6. The van der Waals surface area contributed by atoms with E-state index in [-0.39, 0.29) is 21.8 Å². The molecule has 1 aromatic carbocycles. The first kappa shape index (κ1) is 17.1. The normalized spacial score (nSPS) is 11.2. The first-order chi connectivity index (χ1) is 10.3. The number of rotatable bonds is 5. The number of hydrogen-bond donors (Lipinski definition) is 2. The lowest BCUT2D eigenvalue weighted by Gasteiger charge is -2.06. The van der Waals surface area contributed by atoms with Gasteiger partial charge in [-0.15, -0.1) is 10.2 Å². The van der Waals surface area contributed by atoms with Crippen molar-refractivity contribution in [1.29, 1.82) is 0 Å². The van der Waals surface area contributed by atoms with Crippen LogP contribution in [0.15, 0.2) is 27.0 Å². The van der Waals surface area contributed by atoms with Crippen molar-refractivity contribution in [2.24, 2.45) is 0 Å². The van der Waals surface area contributed by atoms with Gasteiger partial charge in [-0.2, -0.15) is 8.42 Å². The monoisotopic (exact) mass is 424 g/mol. The van der Waals surface area contributed by atoms with Gasteiger partial charge in [-0.25, -0.2) is 0 Å². The third-order valence-electron chi connectivity index (χ3n) is 2.38. The standard InChI is InChI=1S/C11H10BrClN4O3S2/c1-2-9(18)14-10-15-16-11(21-10)22(19,20)17-6-3-4-7(12)8(13)5-6/h3-5,17H,2H2,1H3,(H,14,15,18). The van der Waals surface area contributed by atoms with Crippen LogP contribution in [0.2, 0.25) is 5.02 Å². The lowest BCUT2D eigenvalue weighted by atomic mass is 10.3. The Morgan fingerprint density at radius 3 is 2.77 bits per heavy atom. The second-order valence-corrected chi connectivity index (χ2v) is 8.10. The van der Waals surface area contributed by atoms with Crippen molar-refractivity contribution in [3.63, 3.8) is 0 Å². The number of anilines is 2. The number of benzene rings is 1. The van der Waals surface area contributed by atoms with Gasteiger partial charge in [0.2, 0.25) is 11.0 Å². The second kappa shape index (κ2) is 6.90. The van der Waals surface area contributed by atoms with Gasteiger partial charge in [0.25, 0.3) is 14.4 Å². The van der Waals surface area contributed by atoms with Crippen molar-refractivity contribution in [2.75, 3.05) is 10.0 Å². The van der Waals surface area contributed by atoms with Crippen LogP contribution in [0.3, 0.4) is 0 Å². The molecular weight excluding hydrogens is 416 g/mol. The highest BCUT2D eigenvalue weighted by Gasteiger charge is 2.21. The summed E-state index contributed by atoms with van der Waals surface area (Å²) in [5.41, 5.74) is 0.294. The summed E-state index contributed by atoms with van der Waals surface area (Å²) in [5, 5.41) is 10.1. The average molecular weight is 426 g/mol. The molecule has 0 saturated heterocycles. The molecule has 2 N–H and O–H groups in total. The number of nitrogens with one attached hydrogen (secondary N) is 2. The fourth-order valence-corrected chi connectivity index (χ4v) is 3.73. The Morgan fingerprint density at radius 1 is 1.41 bits per heavy atom. The quantitative estimate of drug-likeness (QED) is 0.717. The summed E-state index contributed by atoms with van der Waals surface area (Å²) in [6.07, 6.45) is 0.261. The maximum atomic E-state index is 12.2. The van der Waals surface area contributed by atoms with Crippen LogP contribution in [0.5, 0.6) is 0 Å². The molecule has 0 spiro atoms. The first-order valence-corrected chi connectivity index (χ1v) is 9.40. The van der Waals surface area contributed by atoms with E-state index in [1.807, 2.05) is 0 Å². The fourth-order valence-electron chi connectivity index (χ4n) is 1.33. The van der Waals surface area contributed by atoms with Crippen LogP contribution >= 0.6 is 38.9 Å². The zero-order valence-corrected chi connectivity index (χ0v) is 15.1. The van der Waals surface area contributed by atoms with Crippen LogP contribution < -0.4 is 10.0 Å². The van der Waals surface area contributed by atoms with E-state index >= 15 is 0 Å². The molecule has 0 aliphatic carbocycles. The molecule has 2 aromatic rings. The summed E-state index contributed by atoms with van der Waals surface area (Å²) in [4.78, 5) is 11.2. The van der Waals surface area contributed by atoms with Gasteiger partial charge < -0.3 is 5.32 Å². The molecule has 1 amide bonds. The Balaban J connectivity index is 2.19. The van der Waals surface area contributed by atoms with Gasteiger partial charge in [0.1, 0.15) is 0 Å². The molecule has 1 aromatic heterocycles. The zero-order chi connectivity index (χ0) is 16.3. The highest BCUT2D eigenvalue weighted by atomic mass is 79.9. The number of carbonyl (C=O) groups is 1. The van der Waals surface area contributed by atoms with Crippen molar-refractivity contribution >= 4 is 65.6 Å². The Kier molecular flexibility index (Phi) is 5.37. The third kappa shape index (κ3) is 4.15. The summed E-state index contributed by atoms with van der Waals surface area (Å²) < 4.78 is 27.1. The van der Waals surface area contributed by atoms with Crippen molar-refractivity contribution in [3.8, 4) is 0 Å². The van der Waals surface area contributed by atoms with Gasteiger partial charge in [0.15, 0.2) is 0 Å². The number of amides is 1. The lowest BCUT2D eigenvalue weighted by molar-refractivity contribution is -0.115. The Morgan fingerprint density at radius 2 is 2.14 bits per heavy atom. The van der Waals surface area contributed by atoms with Crippen LogP contribution in [0, 0.1) is 0 Å². The predicted molar refractivity (Wildman–Crippen MR) is 88.8 cm³/mol. The molecule has 0 radical (unpaired) electrons. The molecule has 0 fully saturated rings. The van der Waals surface area contributed by atoms with E-state index in [1.165, 1.54) is 6.07 Å². The number of carbonyl (C=O) groups excluding carboxylic acids is 1. The van der Waals surface area contributed by atoms with Gasteiger partial charge in [-0.3, -0.25) is 9.52 Å². The summed E-state index contributed by atoms with van der Waals surface area (Å²) in [6, 6.07) is 4.63. The minimum Gasteiger partial charge on any atom is -0.301 e. The molecule has 11 heteroatoms. The largest absolute Gasteiger partial charge is 0.301 e. The molecular formula is C11H10BrClN4O3S2. The van der Waals surface area contributed by atoms with Crippen LogP contribution in [0.4, 0.5) is 10.8 Å². The number of nitrogens with zero attached hydrogens (tertiary/aromatic N) is 2. The molecule has 0 saturated carbocycles. The van der Waals surface area contributed by atoms with Crippen LogP contribution in [0.25, 0.3) is 0 Å². The molecule has 118 valence electrons. The maximum Gasteiger partial charge on any atom is 0.291 e. The highest BCUT2D eigenvalue weighted by Crippen LogP contribution is 2.28. The Hall–Kier alpha value is -1.23. The molecule has 0 unspecified atom stereocenters. The Bertz CT molecular complexity index is 809. The minimum absolute atomic E-state index is 0.126. The number of sulfonamides is 1. The van der Waals surface area contributed by atoms with Crippen LogP contribution in [-0.2, 0) is 14.8 Å². The van der Waals surface area contributed by atoms with Crippen LogP contribution in [0.1, 0.15) is 13.3 Å². The van der Waals surface area contributed by atoms with Crippen molar-refractivity contribution in [3.05, 3.63) is 27.7 Å². The lowest BCUT2D eigenvalue weighted by Crippen LogP contribution is -2.12. The average Bonchev–Trinajstić information content (AvgIpc) is 2.92. The predicted octanol–water partition coefficient (Wildman–Crippen LogP) is 3.10. The summed E-state index contributed by atoms with van der Waals surface area (Å²) in [7, 11) is -3.89. The topological polar surface area (TPSA) is 101 Å². The van der Waals surface area contributed by atoms with Crippen molar-refractivity contribution < 1.29 is 13.2 Å². The molecule has 1 heterocycles. The second-order valence-electron chi connectivity index (χ2n) is 4.01.